The fourth-order valence-electron chi connectivity index (χ4n) is 1.37. The molecule has 2 amide bonds. The van der Waals surface area contributed by atoms with E-state index in [-0.39, 0.29) is 6.61 Å². The van der Waals surface area contributed by atoms with Gasteiger partial charge < -0.3 is 4.74 Å². The van der Waals surface area contributed by atoms with Crippen LogP contribution in [0.15, 0.2) is 40.2 Å². The van der Waals surface area contributed by atoms with Crippen LogP contribution in [0.5, 0.6) is 5.75 Å². The van der Waals surface area contributed by atoms with Gasteiger partial charge in [0.25, 0.3) is 11.8 Å². The van der Waals surface area contributed by atoms with Crippen LogP contribution < -0.4 is 10.1 Å². The molecule has 1 aromatic heterocycles. The number of halogens is 2. The quantitative estimate of drug-likeness (QED) is 0.891. The van der Waals surface area contributed by atoms with Crippen LogP contribution in [0.2, 0.25) is 5.02 Å². The van der Waals surface area contributed by atoms with Crippen molar-refractivity contribution in [2.45, 2.75) is 0 Å². The number of carbonyl (C=O) groups is 2. The van der Waals surface area contributed by atoms with Gasteiger partial charge in [-0.1, -0.05) is 17.7 Å². The number of hydrogen-bond donors (Lipinski definition) is 1. The number of benzene rings is 1. The van der Waals surface area contributed by atoms with E-state index in [4.69, 9.17) is 16.3 Å². The molecule has 0 fully saturated rings. The Kier molecular flexibility index (Phi) is 5.17. The number of nitrogens with one attached hydrogen (secondary N) is 1. The maximum atomic E-state index is 11.6. The molecular formula is C13H9BrClNO3S. The Morgan fingerprint density at radius 1 is 1.35 bits per heavy atom. The van der Waals surface area contributed by atoms with Crippen LogP contribution in [0, 0.1) is 0 Å². The molecule has 1 heterocycles. The van der Waals surface area contributed by atoms with Crippen LogP contribution in [0.1, 0.15) is 9.67 Å². The second kappa shape index (κ2) is 6.88. The van der Waals surface area contributed by atoms with E-state index in [9.17, 15) is 9.59 Å². The van der Waals surface area contributed by atoms with Crippen molar-refractivity contribution in [3.05, 3.63) is 50.1 Å². The molecule has 7 heteroatoms. The molecule has 104 valence electrons. The van der Waals surface area contributed by atoms with Gasteiger partial charge >= 0.3 is 0 Å². The van der Waals surface area contributed by atoms with Crippen molar-refractivity contribution in [2.24, 2.45) is 0 Å². The lowest BCUT2D eigenvalue weighted by atomic mass is 10.3. The smallest absolute Gasteiger partial charge is 0.268 e. The lowest BCUT2D eigenvalue weighted by Crippen LogP contribution is -2.33. The molecule has 4 nitrogen and oxygen atoms in total. The van der Waals surface area contributed by atoms with Crippen molar-refractivity contribution >= 4 is 50.7 Å². The molecule has 0 aliphatic carbocycles. The first-order chi connectivity index (χ1) is 9.56. The predicted octanol–water partition coefficient (Wildman–Crippen LogP) is 3.50. The van der Waals surface area contributed by atoms with Crippen molar-refractivity contribution in [1.29, 1.82) is 0 Å². The number of imide groups is 1. The average Bonchev–Trinajstić information content (AvgIpc) is 2.91. The lowest BCUT2D eigenvalue weighted by molar-refractivity contribution is -0.122. The Morgan fingerprint density at radius 3 is 2.80 bits per heavy atom. The van der Waals surface area contributed by atoms with E-state index < -0.39 is 11.8 Å². The largest absolute Gasteiger partial charge is 0.483 e. The van der Waals surface area contributed by atoms with Crippen molar-refractivity contribution in [3.63, 3.8) is 0 Å². The molecule has 0 bridgehead atoms. The highest BCUT2D eigenvalue weighted by molar-refractivity contribution is 9.10. The standard InChI is InChI=1S/C13H9BrClNO3S/c14-9-6-8(15)3-4-10(9)19-7-12(17)16-13(18)11-2-1-5-20-11/h1-6H,7H2,(H,16,17,18). The monoisotopic (exact) mass is 373 g/mol. The van der Waals surface area contributed by atoms with Gasteiger partial charge in [-0.3, -0.25) is 14.9 Å². The van der Waals surface area contributed by atoms with Gasteiger partial charge in [-0.25, -0.2) is 0 Å². The average molecular weight is 375 g/mol. The summed E-state index contributed by atoms with van der Waals surface area (Å²) in [6, 6.07) is 8.33. The Morgan fingerprint density at radius 2 is 2.15 bits per heavy atom. The second-order valence-electron chi connectivity index (χ2n) is 3.72. The minimum Gasteiger partial charge on any atom is -0.483 e. The zero-order chi connectivity index (χ0) is 14.5. The van der Waals surface area contributed by atoms with Gasteiger partial charge in [-0.05, 0) is 45.6 Å². The fourth-order valence-corrected chi connectivity index (χ4v) is 2.78. The van der Waals surface area contributed by atoms with E-state index in [1.165, 1.54) is 11.3 Å². The minimum absolute atomic E-state index is 0.253. The molecule has 2 rings (SSSR count). The van der Waals surface area contributed by atoms with Crippen LogP contribution in [0.4, 0.5) is 0 Å². The molecule has 0 aliphatic heterocycles. The highest BCUT2D eigenvalue weighted by Gasteiger charge is 2.12. The lowest BCUT2D eigenvalue weighted by Gasteiger charge is -2.08. The van der Waals surface area contributed by atoms with E-state index in [1.807, 2.05) is 0 Å². The van der Waals surface area contributed by atoms with Gasteiger partial charge in [0.05, 0.1) is 9.35 Å². The fraction of sp³-hybridized carbons (Fsp3) is 0.0769. The third-order valence-electron chi connectivity index (χ3n) is 2.25. The van der Waals surface area contributed by atoms with Crippen LogP contribution in [-0.4, -0.2) is 18.4 Å². The molecule has 1 aromatic carbocycles. The molecule has 0 aliphatic rings. The molecular weight excluding hydrogens is 366 g/mol. The van der Waals surface area contributed by atoms with Crippen molar-refractivity contribution < 1.29 is 14.3 Å². The van der Waals surface area contributed by atoms with Gasteiger partial charge in [0.1, 0.15) is 5.75 Å². The van der Waals surface area contributed by atoms with Gasteiger partial charge in [0.2, 0.25) is 0 Å². The van der Waals surface area contributed by atoms with Gasteiger partial charge in [-0.15, -0.1) is 11.3 Å². The summed E-state index contributed by atoms with van der Waals surface area (Å²) in [5.41, 5.74) is 0. The maximum Gasteiger partial charge on any atom is 0.268 e. The van der Waals surface area contributed by atoms with Gasteiger partial charge in [0, 0.05) is 5.02 Å². The van der Waals surface area contributed by atoms with E-state index >= 15 is 0 Å². The Labute approximate surface area is 132 Å². The summed E-state index contributed by atoms with van der Waals surface area (Å²) in [6.07, 6.45) is 0. The number of amides is 2. The Hall–Kier alpha value is -1.37. The normalized spacial score (nSPS) is 10.1. The van der Waals surface area contributed by atoms with E-state index in [1.54, 1.807) is 35.7 Å². The Balaban J connectivity index is 1.88. The third kappa shape index (κ3) is 4.06. The summed E-state index contributed by atoms with van der Waals surface area (Å²) in [5, 5.41) is 4.57. The molecule has 0 saturated carbocycles. The summed E-state index contributed by atoms with van der Waals surface area (Å²) in [5.74, 6) is -0.456. The number of thiophene rings is 1. The number of hydrogen-bond acceptors (Lipinski definition) is 4. The summed E-state index contributed by atoms with van der Waals surface area (Å²) in [4.78, 5) is 23.7. The Bertz CT molecular complexity index is 631. The SMILES string of the molecule is O=C(COc1ccc(Cl)cc1Br)NC(=O)c1cccs1. The van der Waals surface area contributed by atoms with Crippen LogP contribution in [0.3, 0.4) is 0 Å². The number of carbonyl (C=O) groups excluding carboxylic acids is 2. The highest BCUT2D eigenvalue weighted by atomic mass is 79.9. The topological polar surface area (TPSA) is 55.4 Å². The molecule has 0 spiro atoms. The molecule has 0 saturated heterocycles. The molecule has 2 aromatic rings. The van der Waals surface area contributed by atoms with Crippen molar-refractivity contribution in [3.8, 4) is 5.75 Å². The molecule has 0 radical (unpaired) electrons. The minimum atomic E-state index is -0.509. The zero-order valence-corrected chi connectivity index (χ0v) is 13.2. The van der Waals surface area contributed by atoms with E-state index in [2.05, 4.69) is 21.2 Å². The van der Waals surface area contributed by atoms with E-state index in [0.717, 1.165) is 0 Å². The number of rotatable bonds is 4. The summed E-state index contributed by atoms with van der Waals surface area (Å²) in [7, 11) is 0. The molecule has 0 unspecified atom stereocenters. The summed E-state index contributed by atoms with van der Waals surface area (Å²) < 4.78 is 5.95. The first-order valence-corrected chi connectivity index (χ1v) is 7.57. The molecule has 20 heavy (non-hydrogen) atoms. The highest BCUT2D eigenvalue weighted by Crippen LogP contribution is 2.27. The van der Waals surface area contributed by atoms with Gasteiger partial charge in [0.15, 0.2) is 6.61 Å². The third-order valence-corrected chi connectivity index (χ3v) is 3.97. The van der Waals surface area contributed by atoms with Crippen LogP contribution >= 0.6 is 38.9 Å². The molecule has 0 atom stereocenters. The van der Waals surface area contributed by atoms with Crippen molar-refractivity contribution in [1.82, 2.24) is 5.32 Å². The van der Waals surface area contributed by atoms with E-state index in [0.29, 0.717) is 20.1 Å². The second-order valence-corrected chi connectivity index (χ2v) is 5.96. The first-order valence-electron chi connectivity index (χ1n) is 5.52. The summed E-state index contributed by atoms with van der Waals surface area (Å²) >= 11 is 10.3. The zero-order valence-electron chi connectivity index (χ0n) is 10.1. The molecule has 1 N–H and O–H groups in total. The number of ether oxygens (including phenoxy) is 1. The predicted molar refractivity (Wildman–Crippen MR) is 81.4 cm³/mol. The first kappa shape index (κ1) is 15.0. The van der Waals surface area contributed by atoms with Crippen LogP contribution in [0.25, 0.3) is 0 Å². The summed E-state index contributed by atoms with van der Waals surface area (Å²) in [6.45, 7) is -0.253. The van der Waals surface area contributed by atoms with Gasteiger partial charge in [-0.2, -0.15) is 0 Å². The van der Waals surface area contributed by atoms with Crippen LogP contribution in [-0.2, 0) is 4.79 Å². The van der Waals surface area contributed by atoms with Crippen molar-refractivity contribution in [2.75, 3.05) is 6.61 Å². The maximum absolute atomic E-state index is 11.6.